The molecule has 0 spiro atoms. The number of nitrogen functional groups attached to an aromatic ring is 1. The Bertz CT molecular complexity index is 386. The summed E-state index contributed by atoms with van der Waals surface area (Å²) in [6.45, 7) is 3.02. The topological polar surface area (TPSA) is 50.9 Å². The molecule has 0 amide bonds. The fraction of sp³-hybridized carbons (Fsp3) is 0.615. The number of thioether (sulfide) groups is 1. The van der Waals surface area contributed by atoms with Crippen LogP contribution in [0.4, 0.5) is 11.5 Å². The Morgan fingerprint density at radius 3 is 2.76 bits per heavy atom. The SMILES string of the molecule is CSC1(CNc2cc(C)c(N)cn2)CCCC1. The minimum atomic E-state index is 0.414. The fourth-order valence-electron chi connectivity index (χ4n) is 2.39. The number of rotatable bonds is 4. The number of anilines is 2. The van der Waals surface area contributed by atoms with Crippen LogP contribution in [0.1, 0.15) is 31.2 Å². The summed E-state index contributed by atoms with van der Waals surface area (Å²) in [5.41, 5.74) is 7.61. The van der Waals surface area contributed by atoms with Gasteiger partial charge in [-0.05, 0) is 37.7 Å². The van der Waals surface area contributed by atoms with E-state index in [1.54, 1.807) is 6.20 Å². The smallest absolute Gasteiger partial charge is 0.126 e. The lowest BCUT2D eigenvalue weighted by Crippen LogP contribution is -2.30. The molecule has 1 heterocycles. The van der Waals surface area contributed by atoms with E-state index in [1.807, 2.05) is 24.8 Å². The normalized spacial score (nSPS) is 18.2. The van der Waals surface area contributed by atoms with Crippen molar-refractivity contribution in [1.82, 2.24) is 4.98 Å². The monoisotopic (exact) mass is 251 g/mol. The number of nitrogens with one attached hydrogen (secondary N) is 1. The van der Waals surface area contributed by atoms with Crippen molar-refractivity contribution in [2.24, 2.45) is 0 Å². The Kier molecular flexibility index (Phi) is 3.82. The number of pyridine rings is 1. The molecule has 0 atom stereocenters. The zero-order valence-electron chi connectivity index (χ0n) is 10.6. The molecule has 94 valence electrons. The van der Waals surface area contributed by atoms with E-state index in [0.29, 0.717) is 4.75 Å². The van der Waals surface area contributed by atoms with E-state index in [0.717, 1.165) is 23.6 Å². The van der Waals surface area contributed by atoms with Gasteiger partial charge in [0.25, 0.3) is 0 Å². The van der Waals surface area contributed by atoms with Gasteiger partial charge in [0.1, 0.15) is 5.82 Å². The molecule has 1 saturated carbocycles. The summed E-state index contributed by atoms with van der Waals surface area (Å²) < 4.78 is 0.414. The largest absolute Gasteiger partial charge is 0.397 e. The first-order chi connectivity index (χ1) is 8.15. The molecule has 2 rings (SSSR count). The van der Waals surface area contributed by atoms with Crippen molar-refractivity contribution in [3.63, 3.8) is 0 Å². The van der Waals surface area contributed by atoms with Crippen LogP contribution in [-0.4, -0.2) is 22.5 Å². The summed E-state index contributed by atoms with van der Waals surface area (Å²) in [5, 5.41) is 3.46. The lowest BCUT2D eigenvalue weighted by Gasteiger charge is -2.27. The van der Waals surface area contributed by atoms with Gasteiger partial charge >= 0.3 is 0 Å². The van der Waals surface area contributed by atoms with Gasteiger partial charge in [0.05, 0.1) is 11.9 Å². The molecule has 0 radical (unpaired) electrons. The van der Waals surface area contributed by atoms with E-state index in [1.165, 1.54) is 25.7 Å². The molecule has 0 aliphatic heterocycles. The third-order valence-electron chi connectivity index (χ3n) is 3.69. The van der Waals surface area contributed by atoms with E-state index in [9.17, 15) is 0 Å². The lowest BCUT2D eigenvalue weighted by atomic mass is 10.1. The highest BCUT2D eigenvalue weighted by atomic mass is 32.2. The Morgan fingerprint density at radius 2 is 2.18 bits per heavy atom. The zero-order chi connectivity index (χ0) is 12.3. The van der Waals surface area contributed by atoms with Crippen LogP contribution in [0.25, 0.3) is 0 Å². The zero-order valence-corrected chi connectivity index (χ0v) is 11.4. The number of nitrogens with zero attached hydrogens (tertiary/aromatic N) is 1. The van der Waals surface area contributed by atoms with Gasteiger partial charge in [-0.2, -0.15) is 11.8 Å². The molecule has 1 aromatic heterocycles. The molecule has 1 fully saturated rings. The Balaban J connectivity index is 1.99. The molecular weight excluding hydrogens is 230 g/mol. The minimum Gasteiger partial charge on any atom is -0.397 e. The summed E-state index contributed by atoms with van der Waals surface area (Å²) in [7, 11) is 0. The molecule has 17 heavy (non-hydrogen) atoms. The van der Waals surface area contributed by atoms with Crippen molar-refractivity contribution in [3.05, 3.63) is 17.8 Å². The molecule has 0 aromatic carbocycles. The van der Waals surface area contributed by atoms with Crippen LogP contribution in [0.5, 0.6) is 0 Å². The maximum atomic E-state index is 5.76. The predicted molar refractivity (Wildman–Crippen MR) is 76.6 cm³/mol. The van der Waals surface area contributed by atoms with Crippen LogP contribution in [0.15, 0.2) is 12.3 Å². The summed E-state index contributed by atoms with van der Waals surface area (Å²) >= 11 is 1.99. The van der Waals surface area contributed by atoms with Crippen LogP contribution in [0, 0.1) is 6.92 Å². The second-order valence-corrected chi connectivity index (χ2v) is 6.15. The first-order valence-corrected chi connectivity index (χ1v) is 7.39. The van der Waals surface area contributed by atoms with Gasteiger partial charge in [-0.15, -0.1) is 0 Å². The van der Waals surface area contributed by atoms with Crippen molar-refractivity contribution >= 4 is 23.3 Å². The van der Waals surface area contributed by atoms with Crippen LogP contribution in [0.3, 0.4) is 0 Å². The molecule has 0 unspecified atom stereocenters. The van der Waals surface area contributed by atoms with Crippen molar-refractivity contribution in [1.29, 1.82) is 0 Å². The van der Waals surface area contributed by atoms with Crippen LogP contribution >= 0.6 is 11.8 Å². The average molecular weight is 251 g/mol. The highest BCUT2D eigenvalue weighted by Crippen LogP contribution is 2.40. The highest BCUT2D eigenvalue weighted by molar-refractivity contribution is 8.00. The van der Waals surface area contributed by atoms with E-state index >= 15 is 0 Å². The first-order valence-electron chi connectivity index (χ1n) is 6.16. The van der Waals surface area contributed by atoms with Crippen molar-refractivity contribution in [2.75, 3.05) is 23.9 Å². The minimum absolute atomic E-state index is 0.414. The number of hydrogen-bond donors (Lipinski definition) is 2. The Labute approximate surface area is 108 Å². The maximum Gasteiger partial charge on any atom is 0.126 e. The van der Waals surface area contributed by atoms with Crippen LogP contribution in [0.2, 0.25) is 0 Å². The predicted octanol–water partition coefficient (Wildman–Crippen LogP) is 3.06. The van der Waals surface area contributed by atoms with Crippen molar-refractivity contribution < 1.29 is 0 Å². The molecule has 1 aliphatic carbocycles. The van der Waals surface area contributed by atoms with Crippen LogP contribution in [-0.2, 0) is 0 Å². The number of hydrogen-bond acceptors (Lipinski definition) is 4. The van der Waals surface area contributed by atoms with Crippen molar-refractivity contribution in [2.45, 2.75) is 37.4 Å². The fourth-order valence-corrected chi connectivity index (χ4v) is 3.30. The number of aryl methyl sites for hydroxylation is 1. The molecule has 1 aromatic rings. The molecule has 0 saturated heterocycles. The lowest BCUT2D eigenvalue weighted by molar-refractivity contribution is 0.638. The Morgan fingerprint density at radius 1 is 1.47 bits per heavy atom. The van der Waals surface area contributed by atoms with Gasteiger partial charge in [0, 0.05) is 11.3 Å². The first kappa shape index (κ1) is 12.6. The summed E-state index contributed by atoms with van der Waals surface area (Å²) in [5.74, 6) is 0.942. The average Bonchev–Trinajstić information content (AvgIpc) is 2.80. The van der Waals surface area contributed by atoms with E-state index < -0.39 is 0 Å². The Hall–Kier alpha value is -0.900. The number of aromatic nitrogens is 1. The third-order valence-corrected chi connectivity index (χ3v) is 5.11. The van der Waals surface area contributed by atoms with Gasteiger partial charge < -0.3 is 11.1 Å². The van der Waals surface area contributed by atoms with Gasteiger partial charge in [0.2, 0.25) is 0 Å². The summed E-state index contributed by atoms with van der Waals surface area (Å²) in [6, 6.07) is 2.03. The van der Waals surface area contributed by atoms with Gasteiger partial charge in [-0.25, -0.2) is 4.98 Å². The third kappa shape index (κ3) is 2.86. The molecule has 0 bridgehead atoms. The molecular formula is C13H21N3S. The second-order valence-electron chi connectivity index (χ2n) is 4.87. The molecule has 4 heteroatoms. The maximum absolute atomic E-state index is 5.76. The molecule has 3 nitrogen and oxygen atoms in total. The second kappa shape index (κ2) is 5.17. The van der Waals surface area contributed by atoms with E-state index in [-0.39, 0.29) is 0 Å². The van der Waals surface area contributed by atoms with E-state index in [4.69, 9.17) is 5.73 Å². The quantitative estimate of drug-likeness (QED) is 0.863. The van der Waals surface area contributed by atoms with Gasteiger partial charge in [-0.3, -0.25) is 0 Å². The van der Waals surface area contributed by atoms with E-state index in [2.05, 4.69) is 16.6 Å². The van der Waals surface area contributed by atoms with Gasteiger partial charge in [-0.1, -0.05) is 12.8 Å². The summed E-state index contributed by atoms with van der Waals surface area (Å²) in [4.78, 5) is 4.32. The summed E-state index contributed by atoms with van der Waals surface area (Å²) in [6.07, 6.45) is 9.30. The molecule has 1 aliphatic rings. The highest BCUT2D eigenvalue weighted by Gasteiger charge is 2.32. The van der Waals surface area contributed by atoms with Crippen molar-refractivity contribution in [3.8, 4) is 0 Å². The van der Waals surface area contributed by atoms with Gasteiger partial charge in [0.15, 0.2) is 0 Å². The van der Waals surface area contributed by atoms with Crippen LogP contribution < -0.4 is 11.1 Å². The molecule has 3 N–H and O–H groups in total. The number of nitrogens with two attached hydrogens (primary N) is 1. The standard InChI is InChI=1S/C13H21N3S/c1-10-7-12(15-8-11(10)14)16-9-13(17-2)5-3-4-6-13/h7-8H,3-6,9,14H2,1-2H3,(H,15,16).